The number of halogens is 7. The Hall–Kier alpha value is -0.600. The van der Waals surface area contributed by atoms with Gasteiger partial charge >= 0.3 is 12.1 Å². The molecule has 0 aromatic heterocycles. The van der Waals surface area contributed by atoms with Crippen molar-refractivity contribution in [2.24, 2.45) is 0 Å². The van der Waals surface area contributed by atoms with Crippen LogP contribution in [-0.2, 0) is 4.74 Å². The highest BCUT2D eigenvalue weighted by Crippen LogP contribution is 2.48. The van der Waals surface area contributed by atoms with Gasteiger partial charge in [0.25, 0.3) is 0 Å². The van der Waals surface area contributed by atoms with Crippen LogP contribution in [0.15, 0.2) is 22.7 Å². The normalized spacial score (nSPS) is 14.1. The Morgan fingerprint density at radius 1 is 1.19 bits per heavy atom. The smallest absolute Gasteiger partial charge is 0.455 e. The van der Waals surface area contributed by atoms with Gasteiger partial charge in [-0.1, -0.05) is 6.07 Å². The van der Waals surface area contributed by atoms with Crippen molar-refractivity contribution in [3.63, 3.8) is 0 Å². The van der Waals surface area contributed by atoms with Crippen molar-refractivity contribution in [1.29, 1.82) is 0 Å². The minimum Gasteiger partial charge on any atom is -0.490 e. The molecule has 0 heterocycles. The summed E-state index contributed by atoms with van der Waals surface area (Å²) in [6.45, 7) is 0.510. The highest BCUT2D eigenvalue weighted by atomic mass is 79.9. The van der Waals surface area contributed by atoms with E-state index >= 15 is 0 Å². The summed E-state index contributed by atoms with van der Waals surface area (Å²) in [5.74, 6) is -4.75. The van der Waals surface area contributed by atoms with E-state index in [9.17, 15) is 22.0 Å². The van der Waals surface area contributed by atoms with Crippen molar-refractivity contribution in [1.82, 2.24) is 0 Å². The van der Waals surface area contributed by atoms with Crippen molar-refractivity contribution in [2.75, 3.05) is 20.3 Å². The number of methoxy groups -OCH3 is 1. The molecule has 0 radical (unpaired) electrons. The summed E-state index contributed by atoms with van der Waals surface area (Å²) >= 11 is 8.32. The molecule has 0 fully saturated rings. The molecular formula is C12H11BrClF5O2. The van der Waals surface area contributed by atoms with Crippen LogP contribution < -0.4 is 4.74 Å². The first-order valence-corrected chi connectivity index (χ1v) is 6.84. The molecule has 0 saturated carbocycles. The molecule has 1 aromatic rings. The number of hydrogen-bond acceptors (Lipinski definition) is 2. The Morgan fingerprint density at radius 2 is 1.81 bits per heavy atom. The van der Waals surface area contributed by atoms with Crippen LogP contribution in [0.4, 0.5) is 22.0 Å². The van der Waals surface area contributed by atoms with Gasteiger partial charge in [0.05, 0.1) is 11.1 Å². The van der Waals surface area contributed by atoms with Crippen LogP contribution in [0.25, 0.3) is 0 Å². The van der Waals surface area contributed by atoms with Crippen LogP contribution in [0.5, 0.6) is 5.75 Å². The van der Waals surface area contributed by atoms with E-state index in [0.29, 0.717) is 6.61 Å². The maximum atomic E-state index is 13.2. The third-order valence-corrected chi connectivity index (χ3v) is 3.64. The van der Waals surface area contributed by atoms with Crippen LogP contribution in [-0.4, -0.2) is 32.4 Å². The molecule has 1 atom stereocenters. The molecule has 2 nitrogen and oxygen atoms in total. The minimum atomic E-state index is -5.72. The lowest BCUT2D eigenvalue weighted by Crippen LogP contribution is -2.40. The van der Waals surface area contributed by atoms with Gasteiger partial charge in [-0.3, -0.25) is 0 Å². The summed E-state index contributed by atoms with van der Waals surface area (Å²) in [4.78, 5) is 0. The molecule has 1 aromatic carbocycles. The van der Waals surface area contributed by atoms with Crippen LogP contribution in [0, 0.1) is 0 Å². The fraction of sp³-hybridized carbons (Fsp3) is 0.500. The number of rotatable bonds is 6. The molecule has 120 valence electrons. The fourth-order valence-electron chi connectivity index (χ4n) is 1.38. The second-order valence-electron chi connectivity index (χ2n) is 4.01. The van der Waals surface area contributed by atoms with Gasteiger partial charge in [-0.2, -0.15) is 22.0 Å². The van der Waals surface area contributed by atoms with Gasteiger partial charge in [-0.05, 0) is 33.6 Å². The fourth-order valence-corrected chi connectivity index (χ4v) is 2.15. The lowest BCUT2D eigenvalue weighted by atomic mass is 10.1. The molecule has 9 heteroatoms. The van der Waals surface area contributed by atoms with Gasteiger partial charge in [0.2, 0.25) is 0 Å². The summed E-state index contributed by atoms with van der Waals surface area (Å²) in [6, 6.07) is 3.39. The third kappa shape index (κ3) is 4.43. The zero-order valence-corrected chi connectivity index (χ0v) is 13.0. The van der Waals surface area contributed by atoms with E-state index in [1.807, 2.05) is 0 Å². The molecule has 0 bridgehead atoms. The van der Waals surface area contributed by atoms with E-state index in [1.165, 1.54) is 13.2 Å². The maximum Gasteiger partial charge on any atom is 0.455 e. The molecule has 1 rings (SSSR count). The van der Waals surface area contributed by atoms with Gasteiger partial charge in [-0.15, -0.1) is 11.6 Å². The quantitative estimate of drug-likeness (QED) is 0.384. The molecular weight excluding hydrogens is 386 g/mol. The molecule has 0 aliphatic carbocycles. The average Bonchev–Trinajstić information content (AvgIpc) is 2.38. The third-order valence-electron chi connectivity index (χ3n) is 2.49. The average molecular weight is 398 g/mol. The van der Waals surface area contributed by atoms with E-state index in [2.05, 4.69) is 15.9 Å². The van der Waals surface area contributed by atoms with Crippen molar-refractivity contribution in [3.05, 3.63) is 28.2 Å². The standard InChI is InChI=1S/C12H11BrClF5O2/c1-20-4-5-21-9-3-2-7(6-8(9)13)10(14)11(15,16)12(17,18)19/h2-3,6,10H,4-5H2,1H3. The highest BCUT2D eigenvalue weighted by Gasteiger charge is 2.62. The van der Waals surface area contributed by atoms with Crippen LogP contribution >= 0.6 is 27.5 Å². The Labute approximate surface area is 131 Å². The van der Waals surface area contributed by atoms with Crippen LogP contribution in [0.2, 0.25) is 0 Å². The summed E-state index contributed by atoms with van der Waals surface area (Å²) in [6.07, 6.45) is -5.72. The summed E-state index contributed by atoms with van der Waals surface area (Å²) in [5, 5.41) is -2.53. The molecule has 0 N–H and O–H groups in total. The van der Waals surface area contributed by atoms with Gasteiger partial charge in [-0.25, -0.2) is 0 Å². The number of hydrogen-bond donors (Lipinski definition) is 0. The molecule has 0 amide bonds. The van der Waals surface area contributed by atoms with E-state index in [0.717, 1.165) is 12.1 Å². The summed E-state index contributed by atoms with van der Waals surface area (Å²) in [7, 11) is 1.47. The lowest BCUT2D eigenvalue weighted by Gasteiger charge is -2.24. The van der Waals surface area contributed by atoms with Crippen LogP contribution in [0.1, 0.15) is 10.9 Å². The second kappa shape index (κ2) is 7.11. The zero-order valence-electron chi connectivity index (χ0n) is 10.7. The topological polar surface area (TPSA) is 18.5 Å². The van der Waals surface area contributed by atoms with Gasteiger partial charge in [0, 0.05) is 7.11 Å². The Balaban J connectivity index is 2.93. The van der Waals surface area contributed by atoms with Gasteiger partial charge in [0.1, 0.15) is 17.7 Å². The SMILES string of the molecule is COCCOc1ccc(C(Cl)C(F)(F)C(F)(F)F)cc1Br. The minimum absolute atomic E-state index is 0.206. The Morgan fingerprint density at radius 3 is 2.29 bits per heavy atom. The molecule has 0 aliphatic heterocycles. The lowest BCUT2D eigenvalue weighted by molar-refractivity contribution is -0.283. The van der Waals surface area contributed by atoms with E-state index in [-0.39, 0.29) is 22.4 Å². The summed E-state index contributed by atoms with van der Waals surface area (Å²) < 4.78 is 73.4. The number of benzene rings is 1. The predicted molar refractivity (Wildman–Crippen MR) is 71.1 cm³/mol. The maximum absolute atomic E-state index is 13.2. The predicted octanol–water partition coefficient (Wildman–Crippen LogP) is 4.95. The van der Waals surface area contributed by atoms with Gasteiger partial charge < -0.3 is 9.47 Å². The first kappa shape index (κ1) is 18.4. The molecule has 0 aliphatic rings. The van der Waals surface area contributed by atoms with Crippen LogP contribution in [0.3, 0.4) is 0 Å². The largest absolute Gasteiger partial charge is 0.490 e. The summed E-state index contributed by atoms with van der Waals surface area (Å²) in [5.41, 5.74) is -0.370. The van der Waals surface area contributed by atoms with Crippen molar-refractivity contribution in [2.45, 2.75) is 17.5 Å². The Bertz CT molecular complexity index is 481. The van der Waals surface area contributed by atoms with Crippen molar-refractivity contribution < 1.29 is 31.4 Å². The van der Waals surface area contributed by atoms with Crippen molar-refractivity contribution in [3.8, 4) is 5.75 Å². The molecule has 21 heavy (non-hydrogen) atoms. The highest BCUT2D eigenvalue weighted by molar-refractivity contribution is 9.10. The zero-order chi connectivity index (χ0) is 16.3. The Kier molecular flexibility index (Phi) is 6.24. The number of ether oxygens (including phenoxy) is 2. The monoisotopic (exact) mass is 396 g/mol. The molecule has 0 spiro atoms. The van der Waals surface area contributed by atoms with Crippen molar-refractivity contribution >= 4 is 27.5 Å². The van der Waals surface area contributed by atoms with Gasteiger partial charge in [0.15, 0.2) is 0 Å². The first-order valence-electron chi connectivity index (χ1n) is 5.61. The van der Waals surface area contributed by atoms with E-state index < -0.39 is 17.5 Å². The van der Waals surface area contributed by atoms with E-state index in [4.69, 9.17) is 21.1 Å². The first-order chi connectivity index (χ1) is 9.61. The molecule has 0 saturated heterocycles. The van der Waals surface area contributed by atoms with E-state index in [1.54, 1.807) is 0 Å². The number of alkyl halides is 6. The molecule has 1 unspecified atom stereocenters. The second-order valence-corrected chi connectivity index (χ2v) is 5.31.